The highest BCUT2D eigenvalue weighted by molar-refractivity contribution is 7.10. The van der Waals surface area contributed by atoms with Gasteiger partial charge >= 0.3 is 0 Å². The number of aryl methyl sites for hydroxylation is 2. The number of hydrazine groups is 1. The van der Waals surface area contributed by atoms with E-state index in [1.165, 1.54) is 11.5 Å². The van der Waals surface area contributed by atoms with Crippen molar-refractivity contribution in [3.8, 4) is 0 Å². The van der Waals surface area contributed by atoms with Gasteiger partial charge < -0.3 is 5.32 Å². The average molecular weight is 318 g/mol. The van der Waals surface area contributed by atoms with Gasteiger partial charge in [0.1, 0.15) is 5.00 Å². The number of anilines is 1. The Morgan fingerprint density at radius 1 is 1.14 bits per heavy atom. The molecule has 0 fully saturated rings. The van der Waals surface area contributed by atoms with Crippen LogP contribution in [0.1, 0.15) is 38.9 Å². The van der Waals surface area contributed by atoms with Gasteiger partial charge in [0.2, 0.25) is 0 Å². The molecule has 1 aromatic heterocycles. The lowest BCUT2D eigenvalue weighted by molar-refractivity contribution is 0.0847. The third kappa shape index (κ3) is 3.43. The molecule has 0 spiro atoms. The van der Waals surface area contributed by atoms with Gasteiger partial charge in [-0.2, -0.15) is 4.37 Å². The molecule has 6 nitrogen and oxygen atoms in total. The van der Waals surface area contributed by atoms with Crippen LogP contribution in [0.2, 0.25) is 0 Å². The van der Waals surface area contributed by atoms with Crippen molar-refractivity contribution in [3.05, 3.63) is 46.6 Å². The first-order valence-electron chi connectivity index (χ1n) is 6.90. The second-order valence-electron chi connectivity index (χ2n) is 4.68. The quantitative estimate of drug-likeness (QED) is 0.754. The zero-order chi connectivity index (χ0) is 16.1. The lowest BCUT2D eigenvalue weighted by Gasteiger charge is -2.08. The molecule has 3 N–H and O–H groups in total. The SMILES string of the molecule is CCc1ccc(C(=O)NNC(=O)c2c(C)nsc2NC)cc1. The van der Waals surface area contributed by atoms with Gasteiger partial charge in [-0.05, 0) is 42.6 Å². The molecule has 0 bridgehead atoms. The predicted molar refractivity (Wildman–Crippen MR) is 87.2 cm³/mol. The fourth-order valence-corrected chi connectivity index (χ4v) is 2.69. The Bertz CT molecular complexity index is 679. The van der Waals surface area contributed by atoms with Crippen LogP contribution in [0.15, 0.2) is 24.3 Å². The molecule has 1 aromatic carbocycles. The van der Waals surface area contributed by atoms with Crippen LogP contribution in [0.4, 0.5) is 5.00 Å². The van der Waals surface area contributed by atoms with Crippen LogP contribution in [0.25, 0.3) is 0 Å². The van der Waals surface area contributed by atoms with Crippen LogP contribution in [0.3, 0.4) is 0 Å². The molecule has 0 unspecified atom stereocenters. The second-order valence-corrected chi connectivity index (χ2v) is 5.45. The van der Waals surface area contributed by atoms with Crippen molar-refractivity contribution in [3.63, 3.8) is 0 Å². The molecule has 2 rings (SSSR count). The predicted octanol–water partition coefficient (Wildman–Crippen LogP) is 2.13. The van der Waals surface area contributed by atoms with Crippen LogP contribution in [0.5, 0.6) is 0 Å². The first kappa shape index (κ1) is 16.0. The molecule has 0 atom stereocenters. The van der Waals surface area contributed by atoms with Crippen LogP contribution < -0.4 is 16.2 Å². The Morgan fingerprint density at radius 3 is 2.36 bits per heavy atom. The van der Waals surface area contributed by atoms with Crippen molar-refractivity contribution in [2.24, 2.45) is 0 Å². The van der Waals surface area contributed by atoms with Gasteiger partial charge in [0.15, 0.2) is 0 Å². The van der Waals surface area contributed by atoms with E-state index < -0.39 is 5.91 Å². The van der Waals surface area contributed by atoms with Gasteiger partial charge in [-0.15, -0.1) is 0 Å². The summed E-state index contributed by atoms with van der Waals surface area (Å²) in [7, 11) is 1.72. The van der Waals surface area contributed by atoms with E-state index in [1.54, 1.807) is 26.1 Å². The third-order valence-electron chi connectivity index (χ3n) is 3.23. The van der Waals surface area contributed by atoms with Gasteiger partial charge in [-0.3, -0.25) is 20.4 Å². The molecule has 0 aliphatic heterocycles. The molecule has 22 heavy (non-hydrogen) atoms. The van der Waals surface area contributed by atoms with Crippen molar-refractivity contribution in [2.45, 2.75) is 20.3 Å². The van der Waals surface area contributed by atoms with Crippen molar-refractivity contribution in [2.75, 3.05) is 12.4 Å². The summed E-state index contributed by atoms with van der Waals surface area (Å²) in [6.45, 7) is 3.80. The third-order valence-corrected chi connectivity index (χ3v) is 4.19. The second kappa shape index (κ2) is 7.04. The summed E-state index contributed by atoms with van der Waals surface area (Å²) in [5.41, 5.74) is 7.53. The van der Waals surface area contributed by atoms with E-state index in [1.807, 2.05) is 19.1 Å². The summed E-state index contributed by atoms with van der Waals surface area (Å²) in [5.74, 6) is -0.753. The van der Waals surface area contributed by atoms with E-state index in [-0.39, 0.29) is 5.91 Å². The van der Waals surface area contributed by atoms with E-state index in [2.05, 4.69) is 20.5 Å². The van der Waals surface area contributed by atoms with Crippen molar-refractivity contribution >= 4 is 28.3 Å². The van der Waals surface area contributed by atoms with E-state index >= 15 is 0 Å². The lowest BCUT2D eigenvalue weighted by atomic mass is 10.1. The number of aromatic nitrogens is 1. The Balaban J connectivity index is 2.01. The molecular weight excluding hydrogens is 300 g/mol. The highest BCUT2D eigenvalue weighted by Crippen LogP contribution is 2.23. The highest BCUT2D eigenvalue weighted by Gasteiger charge is 2.18. The van der Waals surface area contributed by atoms with Crippen LogP contribution in [-0.4, -0.2) is 23.2 Å². The van der Waals surface area contributed by atoms with Crippen molar-refractivity contribution < 1.29 is 9.59 Å². The molecule has 0 aliphatic rings. The first-order valence-corrected chi connectivity index (χ1v) is 7.67. The normalized spacial score (nSPS) is 10.1. The van der Waals surface area contributed by atoms with Gasteiger partial charge in [0.25, 0.3) is 11.8 Å². The summed E-state index contributed by atoms with van der Waals surface area (Å²) in [5, 5.41) is 3.58. The smallest absolute Gasteiger partial charge is 0.274 e. The highest BCUT2D eigenvalue weighted by atomic mass is 32.1. The Hall–Kier alpha value is -2.41. The largest absolute Gasteiger partial charge is 0.378 e. The fourth-order valence-electron chi connectivity index (χ4n) is 1.95. The Labute approximate surface area is 133 Å². The topological polar surface area (TPSA) is 83.1 Å². The minimum absolute atomic E-state index is 0.358. The molecular formula is C15H18N4O2S. The summed E-state index contributed by atoms with van der Waals surface area (Å²) < 4.78 is 4.12. The van der Waals surface area contributed by atoms with E-state index in [9.17, 15) is 9.59 Å². The molecule has 0 saturated carbocycles. The molecule has 0 aliphatic carbocycles. The molecule has 7 heteroatoms. The summed E-state index contributed by atoms with van der Waals surface area (Å²) >= 11 is 1.20. The number of benzene rings is 1. The number of nitrogens with one attached hydrogen (secondary N) is 3. The molecule has 1 heterocycles. The Morgan fingerprint density at radius 2 is 1.77 bits per heavy atom. The number of hydrogen-bond donors (Lipinski definition) is 3. The standard InChI is InChI=1S/C15H18N4O2S/c1-4-10-5-7-11(8-6-10)13(20)17-18-14(21)12-9(2)19-22-15(12)16-3/h5-8,16H,4H2,1-3H3,(H,17,20)(H,18,21). The van der Waals surface area contributed by atoms with Crippen LogP contribution in [-0.2, 0) is 6.42 Å². The Kier molecular flexibility index (Phi) is 5.11. The first-order chi connectivity index (χ1) is 10.6. The van der Waals surface area contributed by atoms with Gasteiger partial charge in [-0.1, -0.05) is 19.1 Å². The van der Waals surface area contributed by atoms with Gasteiger partial charge in [0.05, 0.1) is 11.3 Å². The number of hydrogen-bond acceptors (Lipinski definition) is 5. The number of amides is 2. The fraction of sp³-hybridized carbons (Fsp3) is 0.267. The average Bonchev–Trinajstić information content (AvgIpc) is 2.93. The maximum Gasteiger partial charge on any atom is 0.274 e. The lowest BCUT2D eigenvalue weighted by Crippen LogP contribution is -2.41. The van der Waals surface area contributed by atoms with Crippen molar-refractivity contribution in [1.29, 1.82) is 0 Å². The monoisotopic (exact) mass is 318 g/mol. The zero-order valence-corrected chi connectivity index (χ0v) is 13.5. The summed E-state index contributed by atoms with van der Waals surface area (Å²) in [6, 6.07) is 7.25. The van der Waals surface area contributed by atoms with E-state index in [0.29, 0.717) is 21.8 Å². The minimum atomic E-state index is -0.394. The zero-order valence-electron chi connectivity index (χ0n) is 12.7. The maximum absolute atomic E-state index is 12.1. The van der Waals surface area contributed by atoms with Crippen LogP contribution >= 0.6 is 11.5 Å². The summed E-state index contributed by atoms with van der Waals surface area (Å²) in [4.78, 5) is 24.1. The number of carbonyl (C=O) groups excluding carboxylic acids is 2. The summed E-state index contributed by atoms with van der Waals surface area (Å²) in [6.07, 6.45) is 0.913. The maximum atomic E-state index is 12.1. The van der Waals surface area contributed by atoms with Crippen molar-refractivity contribution in [1.82, 2.24) is 15.2 Å². The number of carbonyl (C=O) groups is 2. The van der Waals surface area contributed by atoms with Gasteiger partial charge in [0, 0.05) is 12.6 Å². The molecule has 0 radical (unpaired) electrons. The molecule has 0 saturated heterocycles. The van der Waals surface area contributed by atoms with E-state index in [4.69, 9.17) is 0 Å². The van der Waals surface area contributed by atoms with Crippen LogP contribution in [0, 0.1) is 6.92 Å². The minimum Gasteiger partial charge on any atom is -0.378 e. The molecule has 116 valence electrons. The molecule has 2 aromatic rings. The molecule has 2 amide bonds. The van der Waals surface area contributed by atoms with Gasteiger partial charge in [-0.25, -0.2) is 0 Å². The number of rotatable bonds is 4. The van der Waals surface area contributed by atoms with E-state index in [0.717, 1.165) is 12.0 Å². The number of nitrogens with zero attached hydrogens (tertiary/aromatic N) is 1.